The number of hydrogen-bond acceptors (Lipinski definition) is 6. The van der Waals surface area contributed by atoms with Gasteiger partial charge in [-0.2, -0.15) is 0 Å². The van der Waals surface area contributed by atoms with Gasteiger partial charge in [0.15, 0.2) is 6.29 Å². The fraction of sp³-hybridized carbons (Fsp3) is 1.00. The van der Waals surface area contributed by atoms with Crippen LogP contribution in [0.3, 0.4) is 0 Å². The van der Waals surface area contributed by atoms with Crippen LogP contribution in [0.1, 0.15) is 0 Å². The summed E-state index contributed by atoms with van der Waals surface area (Å²) in [5.41, 5.74) is 0. The van der Waals surface area contributed by atoms with Crippen LogP contribution in [-0.2, 0) is 14.2 Å². The molecule has 1 fully saturated rings. The molecule has 0 saturated carbocycles. The van der Waals surface area contributed by atoms with Gasteiger partial charge in [-0.05, 0) is 0 Å². The SMILES string of the molecule is COCC1O[C@H](OC)C(O)[C@@H](O)C1O. The normalized spacial score (nSPS) is 43.9. The van der Waals surface area contributed by atoms with Crippen LogP contribution in [0.15, 0.2) is 0 Å². The van der Waals surface area contributed by atoms with E-state index in [1.54, 1.807) is 0 Å². The average Bonchev–Trinajstić information content (AvgIpc) is 2.19. The van der Waals surface area contributed by atoms with Crippen LogP contribution in [-0.4, -0.2) is 66.9 Å². The highest BCUT2D eigenvalue weighted by atomic mass is 16.7. The standard InChI is InChI=1S/C8H16O6/c1-12-3-4-5(9)6(10)7(11)8(13-2)14-4/h4-11H,3H2,1-2H3/t4?,5?,6-,7?,8-/m0/s1. The average molecular weight is 208 g/mol. The van der Waals surface area contributed by atoms with E-state index in [4.69, 9.17) is 14.2 Å². The zero-order chi connectivity index (χ0) is 10.7. The van der Waals surface area contributed by atoms with Crippen molar-refractivity contribution in [3.05, 3.63) is 0 Å². The molecule has 1 saturated heterocycles. The van der Waals surface area contributed by atoms with Gasteiger partial charge in [0.1, 0.15) is 24.4 Å². The van der Waals surface area contributed by atoms with Crippen molar-refractivity contribution in [1.29, 1.82) is 0 Å². The lowest BCUT2D eigenvalue weighted by atomic mass is 9.99. The number of ether oxygens (including phenoxy) is 3. The highest BCUT2D eigenvalue weighted by Gasteiger charge is 2.43. The van der Waals surface area contributed by atoms with Crippen molar-refractivity contribution in [2.24, 2.45) is 0 Å². The molecule has 0 aromatic carbocycles. The summed E-state index contributed by atoms with van der Waals surface area (Å²) >= 11 is 0. The van der Waals surface area contributed by atoms with E-state index in [1.165, 1.54) is 14.2 Å². The van der Waals surface area contributed by atoms with Crippen LogP contribution in [0.5, 0.6) is 0 Å². The summed E-state index contributed by atoms with van der Waals surface area (Å²) in [5.74, 6) is 0. The van der Waals surface area contributed by atoms with E-state index in [0.29, 0.717) is 0 Å². The van der Waals surface area contributed by atoms with Crippen molar-refractivity contribution in [3.8, 4) is 0 Å². The summed E-state index contributed by atoms with van der Waals surface area (Å²) in [7, 11) is 2.80. The molecule has 84 valence electrons. The van der Waals surface area contributed by atoms with Crippen LogP contribution in [0, 0.1) is 0 Å². The summed E-state index contributed by atoms with van der Waals surface area (Å²) in [5, 5.41) is 28.3. The van der Waals surface area contributed by atoms with Crippen molar-refractivity contribution in [1.82, 2.24) is 0 Å². The van der Waals surface area contributed by atoms with Crippen molar-refractivity contribution < 1.29 is 29.5 Å². The fourth-order valence-electron chi connectivity index (χ4n) is 1.41. The van der Waals surface area contributed by atoms with Crippen LogP contribution in [0.2, 0.25) is 0 Å². The minimum absolute atomic E-state index is 0.130. The molecule has 0 radical (unpaired) electrons. The first-order valence-corrected chi connectivity index (χ1v) is 4.33. The molecule has 1 aliphatic heterocycles. The maximum Gasteiger partial charge on any atom is 0.186 e. The summed E-state index contributed by atoms with van der Waals surface area (Å²) in [6.45, 7) is 0.130. The third kappa shape index (κ3) is 2.22. The molecule has 3 unspecified atom stereocenters. The topological polar surface area (TPSA) is 88.4 Å². The Bertz CT molecular complexity index is 171. The molecule has 0 aromatic rings. The minimum Gasteiger partial charge on any atom is -0.387 e. The zero-order valence-electron chi connectivity index (χ0n) is 8.16. The molecule has 6 heteroatoms. The second kappa shape index (κ2) is 5.01. The summed E-state index contributed by atoms with van der Waals surface area (Å²) in [4.78, 5) is 0. The van der Waals surface area contributed by atoms with Crippen LogP contribution in [0.4, 0.5) is 0 Å². The summed E-state index contributed by atoms with van der Waals surface area (Å²) in [6.07, 6.45) is -5.33. The van der Waals surface area contributed by atoms with E-state index in [1.807, 2.05) is 0 Å². The molecule has 0 spiro atoms. The quantitative estimate of drug-likeness (QED) is 0.501. The lowest BCUT2D eigenvalue weighted by molar-refractivity contribution is -0.295. The predicted molar refractivity (Wildman–Crippen MR) is 45.6 cm³/mol. The van der Waals surface area contributed by atoms with E-state index < -0.39 is 30.7 Å². The van der Waals surface area contributed by atoms with Gasteiger partial charge in [0, 0.05) is 14.2 Å². The van der Waals surface area contributed by atoms with Crippen LogP contribution in [0.25, 0.3) is 0 Å². The van der Waals surface area contributed by atoms with Gasteiger partial charge in [0.05, 0.1) is 6.61 Å². The van der Waals surface area contributed by atoms with Gasteiger partial charge in [-0.25, -0.2) is 0 Å². The first-order chi connectivity index (χ1) is 6.61. The number of aliphatic hydroxyl groups is 3. The molecule has 0 amide bonds. The summed E-state index contributed by atoms with van der Waals surface area (Å²) in [6, 6.07) is 0. The van der Waals surface area contributed by atoms with E-state index >= 15 is 0 Å². The molecule has 6 nitrogen and oxygen atoms in total. The van der Waals surface area contributed by atoms with E-state index in [9.17, 15) is 15.3 Å². The Morgan fingerprint density at radius 2 is 1.71 bits per heavy atom. The monoisotopic (exact) mass is 208 g/mol. The van der Waals surface area contributed by atoms with Gasteiger partial charge >= 0.3 is 0 Å². The van der Waals surface area contributed by atoms with E-state index in [2.05, 4.69) is 0 Å². The molecular formula is C8H16O6. The molecule has 14 heavy (non-hydrogen) atoms. The van der Waals surface area contributed by atoms with Gasteiger partial charge < -0.3 is 29.5 Å². The molecule has 0 aromatic heterocycles. The Hall–Kier alpha value is -0.240. The zero-order valence-corrected chi connectivity index (χ0v) is 8.16. The molecule has 5 atom stereocenters. The highest BCUT2D eigenvalue weighted by Crippen LogP contribution is 2.21. The minimum atomic E-state index is -1.28. The van der Waals surface area contributed by atoms with Crippen molar-refractivity contribution in [2.45, 2.75) is 30.7 Å². The lowest BCUT2D eigenvalue weighted by Gasteiger charge is -2.39. The number of hydrogen-bond donors (Lipinski definition) is 3. The molecule has 1 rings (SSSR count). The van der Waals surface area contributed by atoms with E-state index in [-0.39, 0.29) is 6.61 Å². The second-order valence-electron chi connectivity index (χ2n) is 3.21. The Morgan fingerprint density at radius 1 is 1.07 bits per heavy atom. The maximum atomic E-state index is 9.48. The molecule has 0 aliphatic carbocycles. The molecule has 1 aliphatic rings. The number of methoxy groups -OCH3 is 2. The Kier molecular flexibility index (Phi) is 4.24. The molecule has 0 bridgehead atoms. The van der Waals surface area contributed by atoms with Gasteiger partial charge in [0.2, 0.25) is 0 Å². The van der Waals surface area contributed by atoms with Crippen LogP contribution < -0.4 is 0 Å². The number of rotatable bonds is 3. The molecular weight excluding hydrogens is 192 g/mol. The van der Waals surface area contributed by atoms with Gasteiger partial charge in [-0.15, -0.1) is 0 Å². The van der Waals surface area contributed by atoms with Gasteiger partial charge in [-0.3, -0.25) is 0 Å². The fourth-order valence-corrected chi connectivity index (χ4v) is 1.41. The lowest BCUT2D eigenvalue weighted by Crippen LogP contribution is -2.59. The summed E-state index contributed by atoms with van der Waals surface area (Å²) < 4.78 is 14.8. The first kappa shape index (κ1) is 11.8. The van der Waals surface area contributed by atoms with Crippen molar-refractivity contribution >= 4 is 0 Å². The molecule has 1 heterocycles. The Labute approximate surface area is 82.0 Å². The van der Waals surface area contributed by atoms with Crippen molar-refractivity contribution in [3.63, 3.8) is 0 Å². The third-order valence-electron chi connectivity index (χ3n) is 2.23. The Morgan fingerprint density at radius 3 is 2.21 bits per heavy atom. The Balaban J connectivity index is 2.63. The highest BCUT2D eigenvalue weighted by molar-refractivity contribution is 4.88. The maximum absolute atomic E-state index is 9.48. The largest absolute Gasteiger partial charge is 0.387 e. The molecule has 3 N–H and O–H groups in total. The van der Waals surface area contributed by atoms with E-state index in [0.717, 1.165) is 0 Å². The number of aliphatic hydroxyl groups excluding tert-OH is 3. The predicted octanol–water partition coefficient (Wildman–Crippen LogP) is -1.91. The smallest absolute Gasteiger partial charge is 0.186 e. The third-order valence-corrected chi connectivity index (χ3v) is 2.23. The van der Waals surface area contributed by atoms with Gasteiger partial charge in [-0.1, -0.05) is 0 Å². The van der Waals surface area contributed by atoms with Gasteiger partial charge in [0.25, 0.3) is 0 Å². The van der Waals surface area contributed by atoms with Crippen molar-refractivity contribution in [2.75, 3.05) is 20.8 Å². The second-order valence-corrected chi connectivity index (χ2v) is 3.21. The first-order valence-electron chi connectivity index (χ1n) is 4.33. The van der Waals surface area contributed by atoms with Crippen LogP contribution >= 0.6 is 0 Å².